The first-order chi connectivity index (χ1) is 8.58. The normalized spacial score (nSPS) is 12.0. The number of anilines is 1. The van der Waals surface area contributed by atoms with Crippen LogP contribution in [0.15, 0.2) is 22.9 Å². The van der Waals surface area contributed by atoms with Crippen molar-refractivity contribution in [3.05, 3.63) is 22.9 Å². The largest absolute Gasteiger partial charge is 0.320 e. The van der Waals surface area contributed by atoms with Crippen LogP contribution in [0.1, 0.15) is 13.8 Å². The molecule has 2 aromatic heterocycles. The summed E-state index contributed by atoms with van der Waals surface area (Å²) in [5.41, 5.74) is 6.67. The van der Waals surface area contributed by atoms with Crippen molar-refractivity contribution in [3.8, 4) is 10.6 Å². The van der Waals surface area contributed by atoms with Gasteiger partial charge in [-0.2, -0.15) is 0 Å². The lowest BCUT2D eigenvalue weighted by atomic mass is 10.1. The molecule has 1 atom stereocenters. The molecule has 1 amide bonds. The molecule has 0 radical (unpaired) electrons. The fourth-order valence-corrected chi connectivity index (χ4v) is 2.83. The zero-order valence-corrected chi connectivity index (χ0v) is 13.1. The molecule has 2 rings (SSSR count). The van der Waals surface area contributed by atoms with Crippen LogP contribution in [-0.2, 0) is 4.79 Å². The maximum absolute atomic E-state index is 11.8. The zero-order valence-electron chi connectivity index (χ0n) is 10.6. The van der Waals surface area contributed by atoms with E-state index in [1.54, 1.807) is 11.3 Å². The highest BCUT2D eigenvalue weighted by Crippen LogP contribution is 2.28. The maximum atomic E-state index is 11.8. The number of amides is 1. The van der Waals surface area contributed by atoms with E-state index in [0.717, 1.165) is 10.6 Å². The second-order valence-corrected chi connectivity index (χ2v) is 6.08. The Bertz CT molecular complexity index is 525. The highest BCUT2D eigenvalue weighted by molar-refractivity contribution is 7.16. The van der Waals surface area contributed by atoms with Crippen molar-refractivity contribution in [1.82, 2.24) is 4.98 Å². The van der Waals surface area contributed by atoms with E-state index < -0.39 is 6.04 Å². The SMILES string of the molecule is CC(C)[C@H](N)C(=O)Nc1nc(-c2cccs2)cs1.Cl. The fourth-order valence-electron chi connectivity index (χ4n) is 1.36. The monoisotopic (exact) mass is 317 g/mol. The zero-order chi connectivity index (χ0) is 13.1. The van der Waals surface area contributed by atoms with Gasteiger partial charge in [0.05, 0.1) is 16.6 Å². The van der Waals surface area contributed by atoms with Gasteiger partial charge in [-0.1, -0.05) is 19.9 Å². The smallest absolute Gasteiger partial charge is 0.243 e. The van der Waals surface area contributed by atoms with E-state index in [1.807, 2.05) is 36.7 Å². The van der Waals surface area contributed by atoms with Gasteiger partial charge in [-0.25, -0.2) is 4.98 Å². The van der Waals surface area contributed by atoms with E-state index in [-0.39, 0.29) is 24.2 Å². The summed E-state index contributed by atoms with van der Waals surface area (Å²) >= 11 is 3.04. The molecule has 7 heteroatoms. The van der Waals surface area contributed by atoms with E-state index in [4.69, 9.17) is 5.73 Å². The summed E-state index contributed by atoms with van der Waals surface area (Å²) in [7, 11) is 0. The Balaban J connectivity index is 0.00000180. The molecule has 0 bridgehead atoms. The first-order valence-corrected chi connectivity index (χ1v) is 7.39. The third-order valence-electron chi connectivity index (χ3n) is 2.53. The molecule has 104 valence electrons. The molecule has 0 aromatic carbocycles. The van der Waals surface area contributed by atoms with Crippen molar-refractivity contribution in [2.75, 3.05) is 5.32 Å². The number of nitrogens with zero attached hydrogens (tertiary/aromatic N) is 1. The molecule has 0 aliphatic heterocycles. The number of thiophene rings is 1. The predicted molar refractivity (Wildman–Crippen MR) is 84.1 cm³/mol. The van der Waals surface area contributed by atoms with Crippen molar-refractivity contribution in [2.45, 2.75) is 19.9 Å². The molecule has 3 N–H and O–H groups in total. The lowest BCUT2D eigenvalue weighted by molar-refractivity contribution is -0.118. The average Bonchev–Trinajstić information content (AvgIpc) is 2.96. The Kier molecular flexibility index (Phi) is 5.93. The summed E-state index contributed by atoms with van der Waals surface area (Å²) in [5, 5.41) is 7.28. The number of halogens is 1. The second-order valence-electron chi connectivity index (χ2n) is 4.27. The van der Waals surface area contributed by atoms with Gasteiger partial charge < -0.3 is 11.1 Å². The van der Waals surface area contributed by atoms with Gasteiger partial charge in [-0.15, -0.1) is 35.1 Å². The number of hydrogen-bond acceptors (Lipinski definition) is 5. The summed E-state index contributed by atoms with van der Waals surface area (Å²) < 4.78 is 0. The van der Waals surface area contributed by atoms with Crippen LogP contribution in [0.3, 0.4) is 0 Å². The van der Waals surface area contributed by atoms with Crippen LogP contribution in [-0.4, -0.2) is 16.9 Å². The first-order valence-electron chi connectivity index (χ1n) is 5.64. The quantitative estimate of drug-likeness (QED) is 0.909. The third-order valence-corrected chi connectivity index (χ3v) is 4.18. The van der Waals surface area contributed by atoms with Crippen LogP contribution in [0.4, 0.5) is 5.13 Å². The van der Waals surface area contributed by atoms with Crippen LogP contribution in [0.25, 0.3) is 10.6 Å². The van der Waals surface area contributed by atoms with Crippen LogP contribution < -0.4 is 11.1 Å². The molecular formula is C12H16ClN3OS2. The van der Waals surface area contributed by atoms with Crippen molar-refractivity contribution >= 4 is 46.1 Å². The number of carbonyl (C=O) groups is 1. The summed E-state index contributed by atoms with van der Waals surface area (Å²) in [4.78, 5) is 17.3. The molecule has 0 spiro atoms. The lowest BCUT2D eigenvalue weighted by Crippen LogP contribution is -2.39. The van der Waals surface area contributed by atoms with Gasteiger partial charge in [0.25, 0.3) is 0 Å². The van der Waals surface area contributed by atoms with Crippen molar-refractivity contribution in [2.24, 2.45) is 11.7 Å². The summed E-state index contributed by atoms with van der Waals surface area (Å²) in [6, 6.07) is 3.48. The minimum absolute atomic E-state index is 0. The van der Waals surface area contributed by atoms with E-state index in [1.165, 1.54) is 11.3 Å². The first kappa shape index (κ1) is 16.1. The highest BCUT2D eigenvalue weighted by Gasteiger charge is 2.18. The number of nitrogens with two attached hydrogens (primary N) is 1. The Labute approximate surface area is 126 Å². The van der Waals surface area contributed by atoms with Gasteiger partial charge in [0.1, 0.15) is 0 Å². The number of rotatable bonds is 4. The van der Waals surface area contributed by atoms with Crippen molar-refractivity contribution in [3.63, 3.8) is 0 Å². The van der Waals surface area contributed by atoms with E-state index >= 15 is 0 Å². The number of aromatic nitrogens is 1. The molecule has 0 saturated carbocycles. The number of thiazole rings is 1. The fraction of sp³-hybridized carbons (Fsp3) is 0.333. The van der Waals surface area contributed by atoms with E-state index in [9.17, 15) is 4.79 Å². The molecule has 0 fully saturated rings. The van der Waals surface area contributed by atoms with Gasteiger partial charge in [0.2, 0.25) is 5.91 Å². The van der Waals surface area contributed by atoms with Crippen molar-refractivity contribution in [1.29, 1.82) is 0 Å². The lowest BCUT2D eigenvalue weighted by Gasteiger charge is -2.13. The molecule has 2 aromatic rings. The van der Waals surface area contributed by atoms with Gasteiger partial charge in [0.15, 0.2) is 5.13 Å². The van der Waals surface area contributed by atoms with Gasteiger partial charge in [-0.3, -0.25) is 4.79 Å². The Morgan fingerprint density at radius 3 is 2.74 bits per heavy atom. The molecule has 4 nitrogen and oxygen atoms in total. The van der Waals surface area contributed by atoms with Crippen LogP contribution in [0, 0.1) is 5.92 Å². The minimum Gasteiger partial charge on any atom is -0.320 e. The molecule has 0 aliphatic carbocycles. The van der Waals surface area contributed by atoms with Crippen molar-refractivity contribution < 1.29 is 4.79 Å². The number of hydrogen-bond donors (Lipinski definition) is 2. The van der Waals surface area contributed by atoms with Gasteiger partial charge in [-0.05, 0) is 17.4 Å². The second kappa shape index (κ2) is 7.00. The topological polar surface area (TPSA) is 68.0 Å². The highest BCUT2D eigenvalue weighted by atomic mass is 35.5. The van der Waals surface area contributed by atoms with E-state index in [0.29, 0.717) is 5.13 Å². The molecule has 0 unspecified atom stereocenters. The van der Waals surface area contributed by atoms with E-state index in [2.05, 4.69) is 10.3 Å². The average molecular weight is 318 g/mol. The summed E-state index contributed by atoms with van der Waals surface area (Å²) in [6.07, 6.45) is 0. The maximum Gasteiger partial charge on any atom is 0.243 e. The molecule has 0 aliphatic rings. The standard InChI is InChI=1S/C12H15N3OS2.ClH/c1-7(2)10(13)11(16)15-12-14-8(6-18-12)9-4-3-5-17-9;/h3-7,10H,13H2,1-2H3,(H,14,15,16);1H/t10-;/m0./s1. The van der Waals surface area contributed by atoms with Gasteiger partial charge >= 0.3 is 0 Å². The summed E-state index contributed by atoms with van der Waals surface area (Å²) in [5.74, 6) is -0.0705. The number of nitrogens with one attached hydrogen (secondary N) is 1. The van der Waals surface area contributed by atoms with Crippen LogP contribution in [0.5, 0.6) is 0 Å². The van der Waals surface area contributed by atoms with Crippen LogP contribution in [0.2, 0.25) is 0 Å². The molecule has 0 saturated heterocycles. The summed E-state index contributed by atoms with van der Waals surface area (Å²) in [6.45, 7) is 3.84. The molecule has 2 heterocycles. The van der Waals surface area contributed by atoms with Gasteiger partial charge in [0, 0.05) is 5.38 Å². The Morgan fingerprint density at radius 2 is 2.16 bits per heavy atom. The molecular weight excluding hydrogens is 302 g/mol. The minimum atomic E-state index is -0.501. The van der Waals surface area contributed by atoms with Crippen LogP contribution >= 0.6 is 35.1 Å². The Hall–Kier alpha value is -0.950. The Morgan fingerprint density at radius 1 is 1.42 bits per heavy atom. The number of carbonyl (C=O) groups excluding carboxylic acids is 1. The third kappa shape index (κ3) is 4.01. The molecule has 19 heavy (non-hydrogen) atoms. The predicted octanol–water partition coefficient (Wildman–Crippen LogP) is 3.22.